The fourth-order valence-corrected chi connectivity index (χ4v) is 5.15. The highest BCUT2D eigenvalue weighted by Gasteiger charge is 2.42. The normalized spacial score (nSPS) is 14.6. The molecule has 0 saturated heterocycles. The van der Waals surface area contributed by atoms with Crippen molar-refractivity contribution in [2.75, 3.05) is 28.2 Å². The average molecular weight is 472 g/mol. The Balaban J connectivity index is 1.71. The molecule has 0 atom stereocenters. The van der Waals surface area contributed by atoms with Crippen LogP contribution in [0, 0.1) is 0 Å². The molecule has 3 aromatic carbocycles. The van der Waals surface area contributed by atoms with Gasteiger partial charge in [0.05, 0.1) is 24.2 Å². The van der Waals surface area contributed by atoms with Crippen LogP contribution in [-0.2, 0) is 14.8 Å². The fourth-order valence-electron chi connectivity index (χ4n) is 3.39. The van der Waals surface area contributed by atoms with Crippen LogP contribution in [0.4, 0.5) is 21.9 Å². The summed E-state index contributed by atoms with van der Waals surface area (Å²) in [6.45, 7) is -0.426. The monoisotopic (exact) mass is 471 g/mol. The van der Waals surface area contributed by atoms with Gasteiger partial charge < -0.3 is 10.1 Å². The van der Waals surface area contributed by atoms with E-state index in [9.17, 15) is 18.0 Å². The van der Waals surface area contributed by atoms with Crippen LogP contribution in [0.5, 0.6) is 5.75 Å². The SMILES string of the molecule is COc1ccc(Cl)cc1NC(=O)CN1C(=O)N(c2ccccc2)S(=O)(=O)c2ccccc21. The number of carbonyl (C=O) groups is 2. The number of urea groups is 1. The van der Waals surface area contributed by atoms with Crippen LogP contribution in [0.15, 0.2) is 77.7 Å². The molecule has 0 unspecified atom stereocenters. The van der Waals surface area contributed by atoms with Gasteiger partial charge in [-0.3, -0.25) is 9.69 Å². The van der Waals surface area contributed by atoms with Crippen molar-refractivity contribution in [1.82, 2.24) is 0 Å². The summed E-state index contributed by atoms with van der Waals surface area (Å²) in [5.74, 6) is -0.164. The Morgan fingerprint density at radius 2 is 1.72 bits per heavy atom. The molecule has 0 aliphatic carbocycles. The third-order valence-electron chi connectivity index (χ3n) is 4.81. The third-order valence-corrected chi connectivity index (χ3v) is 6.79. The second-order valence-electron chi connectivity index (χ2n) is 6.83. The number of benzene rings is 3. The number of hydrogen-bond donors (Lipinski definition) is 1. The number of methoxy groups -OCH3 is 1. The van der Waals surface area contributed by atoms with Crippen LogP contribution >= 0.6 is 11.6 Å². The molecule has 1 aliphatic rings. The van der Waals surface area contributed by atoms with E-state index in [1.54, 1.807) is 42.5 Å². The summed E-state index contributed by atoms with van der Waals surface area (Å²) in [4.78, 5) is 27.2. The van der Waals surface area contributed by atoms with E-state index in [2.05, 4.69) is 5.32 Å². The molecular formula is C22H18ClN3O5S. The van der Waals surface area contributed by atoms with Crippen molar-refractivity contribution in [1.29, 1.82) is 0 Å². The lowest BCUT2D eigenvalue weighted by molar-refractivity contribution is -0.114. The molecule has 0 aromatic heterocycles. The largest absolute Gasteiger partial charge is 0.495 e. The summed E-state index contributed by atoms with van der Waals surface area (Å²) in [6, 6.07) is 17.9. The number of sulfonamides is 1. The summed E-state index contributed by atoms with van der Waals surface area (Å²) in [5.41, 5.74) is 0.627. The Labute approximate surface area is 190 Å². The van der Waals surface area contributed by atoms with Crippen LogP contribution in [-0.4, -0.2) is 34.0 Å². The molecule has 164 valence electrons. The van der Waals surface area contributed by atoms with Gasteiger partial charge in [0, 0.05) is 5.02 Å². The van der Waals surface area contributed by atoms with Crippen molar-refractivity contribution in [3.05, 3.63) is 77.8 Å². The van der Waals surface area contributed by atoms with E-state index in [1.807, 2.05) is 0 Å². The number of rotatable bonds is 5. The summed E-state index contributed by atoms with van der Waals surface area (Å²) in [6.07, 6.45) is 0. The lowest BCUT2D eigenvalue weighted by atomic mass is 10.2. The second kappa shape index (κ2) is 8.52. The molecule has 0 fully saturated rings. The topological polar surface area (TPSA) is 96.0 Å². The van der Waals surface area contributed by atoms with Crippen molar-refractivity contribution in [2.24, 2.45) is 0 Å². The van der Waals surface area contributed by atoms with Crippen LogP contribution in [0.1, 0.15) is 0 Å². The summed E-state index contributed by atoms with van der Waals surface area (Å²) < 4.78 is 32.3. The zero-order valence-corrected chi connectivity index (χ0v) is 18.4. The highest BCUT2D eigenvalue weighted by Crippen LogP contribution is 2.37. The lowest BCUT2D eigenvalue weighted by Crippen LogP contribution is -2.53. The predicted octanol–water partition coefficient (Wildman–Crippen LogP) is 4.12. The molecule has 8 nitrogen and oxygen atoms in total. The third kappa shape index (κ3) is 3.88. The van der Waals surface area contributed by atoms with Crippen molar-refractivity contribution in [3.8, 4) is 5.75 Å². The molecule has 1 aliphatic heterocycles. The Morgan fingerprint density at radius 1 is 1.03 bits per heavy atom. The maximum Gasteiger partial charge on any atom is 0.343 e. The van der Waals surface area contributed by atoms with Gasteiger partial charge in [-0.25, -0.2) is 13.2 Å². The minimum absolute atomic E-state index is 0.0726. The van der Waals surface area contributed by atoms with Gasteiger partial charge >= 0.3 is 6.03 Å². The maximum absolute atomic E-state index is 13.3. The number of fused-ring (bicyclic) bond motifs is 1. The predicted molar refractivity (Wildman–Crippen MR) is 122 cm³/mol. The molecular weight excluding hydrogens is 454 g/mol. The average Bonchev–Trinajstić information content (AvgIpc) is 2.77. The number of nitrogens with one attached hydrogen (secondary N) is 1. The van der Waals surface area contributed by atoms with Gasteiger partial charge in [-0.15, -0.1) is 0 Å². The Kier molecular flexibility index (Phi) is 5.77. The first-order valence-electron chi connectivity index (χ1n) is 9.47. The van der Waals surface area contributed by atoms with E-state index in [4.69, 9.17) is 16.3 Å². The van der Waals surface area contributed by atoms with E-state index >= 15 is 0 Å². The van der Waals surface area contributed by atoms with Crippen LogP contribution < -0.4 is 19.3 Å². The van der Waals surface area contributed by atoms with Crippen LogP contribution in [0.25, 0.3) is 0 Å². The Hall–Kier alpha value is -3.56. The zero-order valence-electron chi connectivity index (χ0n) is 16.9. The van der Waals surface area contributed by atoms with Gasteiger partial charge in [-0.2, -0.15) is 4.31 Å². The van der Waals surface area contributed by atoms with E-state index in [-0.39, 0.29) is 16.3 Å². The lowest BCUT2D eigenvalue weighted by Gasteiger charge is -2.35. The number of ether oxygens (including phenoxy) is 1. The molecule has 1 heterocycles. The van der Waals surface area contributed by atoms with E-state index in [0.717, 1.165) is 4.90 Å². The van der Waals surface area contributed by atoms with Crippen molar-refractivity contribution >= 4 is 50.6 Å². The molecule has 0 radical (unpaired) electrons. The molecule has 0 saturated carbocycles. The van der Waals surface area contributed by atoms with E-state index < -0.39 is 28.5 Å². The quantitative estimate of drug-likeness (QED) is 0.603. The van der Waals surface area contributed by atoms with Gasteiger partial charge in [0.15, 0.2) is 0 Å². The Morgan fingerprint density at radius 3 is 2.44 bits per heavy atom. The second-order valence-corrected chi connectivity index (χ2v) is 9.03. The molecule has 0 bridgehead atoms. The number of nitrogens with zero attached hydrogens (tertiary/aromatic N) is 2. The molecule has 3 aromatic rings. The van der Waals surface area contributed by atoms with Crippen molar-refractivity contribution in [2.45, 2.75) is 4.90 Å². The summed E-state index contributed by atoms with van der Waals surface area (Å²) >= 11 is 6.01. The standard InChI is InChI=1S/C22H18ClN3O5S/c1-31-19-12-11-15(23)13-17(19)24-21(27)14-25-18-9-5-6-10-20(18)32(29,30)26(22(25)28)16-7-3-2-4-8-16/h2-13H,14H2,1H3,(H,24,27). The number of hydrogen-bond acceptors (Lipinski definition) is 5. The Bertz CT molecular complexity index is 1300. The van der Waals surface area contributed by atoms with Crippen molar-refractivity contribution in [3.63, 3.8) is 0 Å². The number of carbonyl (C=O) groups excluding carboxylic acids is 2. The smallest absolute Gasteiger partial charge is 0.343 e. The minimum Gasteiger partial charge on any atom is -0.495 e. The first-order valence-corrected chi connectivity index (χ1v) is 11.3. The maximum atomic E-state index is 13.3. The molecule has 1 N–H and O–H groups in total. The molecule has 3 amide bonds. The first kappa shape index (κ1) is 21.7. The summed E-state index contributed by atoms with van der Waals surface area (Å²) in [7, 11) is -2.71. The first-order chi connectivity index (χ1) is 15.3. The minimum atomic E-state index is -4.16. The van der Waals surface area contributed by atoms with Crippen molar-refractivity contribution < 1.29 is 22.7 Å². The van der Waals surface area contributed by atoms with Gasteiger partial charge in [-0.1, -0.05) is 41.9 Å². The van der Waals surface area contributed by atoms with Gasteiger partial charge in [0.1, 0.15) is 17.2 Å². The van der Waals surface area contributed by atoms with E-state index in [0.29, 0.717) is 20.8 Å². The van der Waals surface area contributed by atoms with Crippen LogP contribution in [0.3, 0.4) is 0 Å². The summed E-state index contributed by atoms with van der Waals surface area (Å²) in [5, 5.41) is 3.06. The highest BCUT2D eigenvalue weighted by atomic mass is 35.5. The molecule has 32 heavy (non-hydrogen) atoms. The fraction of sp³-hybridized carbons (Fsp3) is 0.0909. The molecule has 4 rings (SSSR count). The number of anilines is 3. The van der Waals surface area contributed by atoms with Crippen LogP contribution in [0.2, 0.25) is 5.02 Å². The molecule has 10 heteroatoms. The van der Waals surface area contributed by atoms with Gasteiger partial charge in [0.25, 0.3) is 10.0 Å². The zero-order chi connectivity index (χ0) is 22.9. The number of halogens is 1. The molecule has 0 spiro atoms. The number of para-hydroxylation sites is 2. The highest BCUT2D eigenvalue weighted by molar-refractivity contribution is 7.94. The number of amides is 3. The van der Waals surface area contributed by atoms with Gasteiger partial charge in [-0.05, 0) is 42.5 Å². The van der Waals surface area contributed by atoms with Gasteiger partial charge in [0.2, 0.25) is 5.91 Å². The van der Waals surface area contributed by atoms with E-state index in [1.165, 1.54) is 37.4 Å².